The second-order valence-corrected chi connectivity index (χ2v) is 4.93. The number of hydrogen-bond donors (Lipinski definition) is 0. The molecule has 0 amide bonds. The van der Waals surface area contributed by atoms with Crippen molar-refractivity contribution >= 4 is 17.7 Å². The van der Waals surface area contributed by atoms with Crippen LogP contribution in [-0.4, -0.2) is 33.3 Å². The first-order valence-corrected chi connectivity index (χ1v) is 7.23. The van der Waals surface area contributed by atoms with E-state index in [9.17, 15) is 4.79 Å². The number of esters is 1. The van der Waals surface area contributed by atoms with Gasteiger partial charge >= 0.3 is 5.97 Å². The average molecular weight is 289 g/mol. The molecule has 0 bridgehead atoms. The molecule has 20 heavy (non-hydrogen) atoms. The van der Waals surface area contributed by atoms with Gasteiger partial charge in [-0.2, -0.15) is 0 Å². The molecule has 2 aromatic rings. The predicted octanol–water partition coefficient (Wildman–Crippen LogP) is 2.50. The summed E-state index contributed by atoms with van der Waals surface area (Å²) in [5.74, 6) is -0.0548. The molecule has 0 fully saturated rings. The Morgan fingerprint density at radius 3 is 2.85 bits per heavy atom. The second kappa shape index (κ2) is 7.00. The lowest BCUT2D eigenvalue weighted by molar-refractivity contribution is -0.139. The normalized spacial score (nSPS) is 10.3. The highest BCUT2D eigenvalue weighted by Crippen LogP contribution is 2.20. The van der Waals surface area contributed by atoms with Gasteiger partial charge in [0.15, 0.2) is 5.16 Å². The maximum atomic E-state index is 11.3. The SMILES string of the molecule is CCOC(=O)CSc1nc(C)cc(-c2ccccn2)n1. The van der Waals surface area contributed by atoms with Crippen molar-refractivity contribution in [1.29, 1.82) is 0 Å². The van der Waals surface area contributed by atoms with E-state index in [-0.39, 0.29) is 11.7 Å². The number of pyridine rings is 1. The van der Waals surface area contributed by atoms with Crippen molar-refractivity contribution in [2.24, 2.45) is 0 Å². The Morgan fingerprint density at radius 1 is 1.30 bits per heavy atom. The fourth-order valence-electron chi connectivity index (χ4n) is 1.58. The lowest BCUT2D eigenvalue weighted by Gasteiger charge is -2.05. The molecule has 0 atom stereocenters. The molecule has 104 valence electrons. The highest BCUT2D eigenvalue weighted by molar-refractivity contribution is 7.99. The first-order valence-electron chi connectivity index (χ1n) is 6.24. The molecule has 0 aliphatic heterocycles. The van der Waals surface area contributed by atoms with Gasteiger partial charge in [-0.3, -0.25) is 9.78 Å². The van der Waals surface area contributed by atoms with Gasteiger partial charge in [-0.15, -0.1) is 0 Å². The minimum absolute atomic E-state index is 0.207. The highest BCUT2D eigenvalue weighted by Gasteiger charge is 2.09. The molecule has 0 N–H and O–H groups in total. The largest absolute Gasteiger partial charge is 0.465 e. The van der Waals surface area contributed by atoms with Crippen molar-refractivity contribution in [3.63, 3.8) is 0 Å². The fourth-order valence-corrected chi connectivity index (χ4v) is 2.28. The van der Waals surface area contributed by atoms with Gasteiger partial charge in [-0.1, -0.05) is 17.8 Å². The van der Waals surface area contributed by atoms with E-state index in [1.807, 2.05) is 31.2 Å². The summed E-state index contributed by atoms with van der Waals surface area (Å²) in [6, 6.07) is 7.53. The van der Waals surface area contributed by atoms with Gasteiger partial charge in [-0.25, -0.2) is 9.97 Å². The lowest BCUT2D eigenvalue weighted by Crippen LogP contribution is -2.07. The van der Waals surface area contributed by atoms with Crippen LogP contribution in [0.25, 0.3) is 11.4 Å². The van der Waals surface area contributed by atoms with Gasteiger partial charge in [-0.05, 0) is 32.0 Å². The van der Waals surface area contributed by atoms with E-state index >= 15 is 0 Å². The van der Waals surface area contributed by atoms with Crippen LogP contribution in [0.5, 0.6) is 0 Å². The van der Waals surface area contributed by atoms with Gasteiger partial charge in [0.1, 0.15) is 0 Å². The molecule has 2 heterocycles. The smallest absolute Gasteiger partial charge is 0.316 e. The molecule has 0 saturated carbocycles. The number of carbonyl (C=O) groups is 1. The van der Waals surface area contributed by atoms with E-state index in [1.165, 1.54) is 11.8 Å². The number of thioether (sulfide) groups is 1. The Labute approximate surface area is 121 Å². The van der Waals surface area contributed by atoms with Gasteiger partial charge in [0.25, 0.3) is 0 Å². The summed E-state index contributed by atoms with van der Waals surface area (Å²) in [5, 5.41) is 0.554. The molecule has 0 unspecified atom stereocenters. The second-order valence-electron chi connectivity index (χ2n) is 3.99. The molecule has 0 aromatic carbocycles. The van der Waals surface area contributed by atoms with Crippen LogP contribution in [0.15, 0.2) is 35.6 Å². The van der Waals surface area contributed by atoms with Crippen LogP contribution < -0.4 is 0 Å². The van der Waals surface area contributed by atoms with Crippen LogP contribution in [-0.2, 0) is 9.53 Å². The maximum absolute atomic E-state index is 11.3. The topological polar surface area (TPSA) is 65.0 Å². The van der Waals surface area contributed by atoms with Crippen LogP contribution in [0.1, 0.15) is 12.6 Å². The Hall–Kier alpha value is -1.95. The van der Waals surface area contributed by atoms with E-state index in [1.54, 1.807) is 13.1 Å². The Balaban J connectivity index is 2.15. The maximum Gasteiger partial charge on any atom is 0.316 e. The molecule has 0 spiro atoms. The Morgan fingerprint density at radius 2 is 2.15 bits per heavy atom. The fraction of sp³-hybridized carbons (Fsp3) is 0.286. The standard InChI is InChI=1S/C14H15N3O2S/c1-3-19-13(18)9-20-14-16-10(2)8-12(17-14)11-6-4-5-7-15-11/h4-8H,3,9H2,1-2H3. The summed E-state index contributed by atoms with van der Waals surface area (Å²) in [4.78, 5) is 24.3. The molecule has 6 heteroatoms. The van der Waals surface area contributed by atoms with Crippen LogP contribution in [0.4, 0.5) is 0 Å². The molecular weight excluding hydrogens is 274 g/mol. The number of rotatable bonds is 5. The van der Waals surface area contributed by atoms with Gasteiger partial charge in [0.2, 0.25) is 0 Å². The van der Waals surface area contributed by atoms with E-state index in [0.717, 1.165) is 17.1 Å². The Kier molecular flexibility index (Phi) is 5.06. The number of ether oxygens (including phenoxy) is 1. The molecular formula is C14H15N3O2S. The summed E-state index contributed by atoms with van der Waals surface area (Å²) in [7, 11) is 0. The van der Waals surface area contributed by atoms with Gasteiger partial charge in [0, 0.05) is 11.9 Å². The van der Waals surface area contributed by atoms with Gasteiger partial charge < -0.3 is 4.74 Å². The first kappa shape index (κ1) is 14.5. The summed E-state index contributed by atoms with van der Waals surface area (Å²) in [6.45, 7) is 4.06. The third kappa shape index (κ3) is 4.03. The number of aryl methyl sites for hydroxylation is 1. The third-order valence-corrected chi connectivity index (χ3v) is 3.21. The van der Waals surface area contributed by atoms with E-state index in [2.05, 4.69) is 15.0 Å². The molecule has 5 nitrogen and oxygen atoms in total. The zero-order chi connectivity index (χ0) is 14.4. The minimum Gasteiger partial charge on any atom is -0.465 e. The summed E-state index contributed by atoms with van der Waals surface area (Å²) >= 11 is 1.27. The quantitative estimate of drug-likeness (QED) is 0.479. The van der Waals surface area contributed by atoms with Crippen molar-refractivity contribution in [2.75, 3.05) is 12.4 Å². The number of hydrogen-bond acceptors (Lipinski definition) is 6. The highest BCUT2D eigenvalue weighted by atomic mass is 32.2. The van der Waals surface area contributed by atoms with Crippen molar-refractivity contribution in [1.82, 2.24) is 15.0 Å². The average Bonchev–Trinajstić information content (AvgIpc) is 2.46. The number of nitrogens with zero attached hydrogens (tertiary/aromatic N) is 3. The molecule has 0 saturated heterocycles. The van der Waals surface area contributed by atoms with Crippen LogP contribution in [0.2, 0.25) is 0 Å². The Bertz CT molecular complexity index is 590. The van der Waals surface area contributed by atoms with Crippen LogP contribution in [0, 0.1) is 6.92 Å². The third-order valence-electron chi connectivity index (χ3n) is 2.39. The molecule has 0 aliphatic rings. The van der Waals surface area contributed by atoms with E-state index in [0.29, 0.717) is 11.8 Å². The number of aromatic nitrogens is 3. The first-order chi connectivity index (χ1) is 9.69. The summed E-state index contributed by atoms with van der Waals surface area (Å²) < 4.78 is 4.88. The summed E-state index contributed by atoms with van der Waals surface area (Å²) in [6.07, 6.45) is 1.72. The monoisotopic (exact) mass is 289 g/mol. The zero-order valence-electron chi connectivity index (χ0n) is 11.4. The molecule has 2 aromatic heterocycles. The van der Waals surface area contributed by atoms with Crippen molar-refractivity contribution < 1.29 is 9.53 Å². The molecule has 0 aliphatic carbocycles. The van der Waals surface area contributed by atoms with E-state index < -0.39 is 0 Å². The lowest BCUT2D eigenvalue weighted by atomic mass is 10.2. The van der Waals surface area contributed by atoms with Crippen molar-refractivity contribution in [2.45, 2.75) is 19.0 Å². The van der Waals surface area contributed by atoms with Gasteiger partial charge in [0.05, 0.1) is 23.7 Å². The van der Waals surface area contributed by atoms with Crippen LogP contribution in [0.3, 0.4) is 0 Å². The van der Waals surface area contributed by atoms with Crippen molar-refractivity contribution in [3.05, 3.63) is 36.2 Å². The molecule has 2 rings (SSSR count). The summed E-state index contributed by atoms with van der Waals surface area (Å²) in [5.41, 5.74) is 2.38. The predicted molar refractivity (Wildman–Crippen MR) is 77.4 cm³/mol. The minimum atomic E-state index is -0.262. The molecule has 0 radical (unpaired) electrons. The van der Waals surface area contributed by atoms with E-state index in [4.69, 9.17) is 4.74 Å². The number of carbonyl (C=O) groups excluding carboxylic acids is 1. The zero-order valence-corrected chi connectivity index (χ0v) is 12.2. The van der Waals surface area contributed by atoms with Crippen LogP contribution >= 0.6 is 11.8 Å². The van der Waals surface area contributed by atoms with Crippen molar-refractivity contribution in [3.8, 4) is 11.4 Å².